The zero-order valence-electron chi connectivity index (χ0n) is 13.3. The maximum absolute atomic E-state index is 12.7. The molecular weight excluding hydrogens is 264 g/mol. The SMILES string of the molecule is CCCC1(C(=O)Nc2ccc(OCC)cc2C)CCNC1. The van der Waals surface area contributed by atoms with E-state index in [1.165, 1.54) is 0 Å². The van der Waals surface area contributed by atoms with Crippen LogP contribution in [-0.4, -0.2) is 25.6 Å². The Morgan fingerprint density at radius 2 is 2.24 bits per heavy atom. The van der Waals surface area contributed by atoms with E-state index in [0.29, 0.717) is 6.61 Å². The van der Waals surface area contributed by atoms with Crippen LogP contribution in [-0.2, 0) is 4.79 Å². The molecule has 116 valence electrons. The van der Waals surface area contributed by atoms with Crippen LogP contribution in [0.5, 0.6) is 5.75 Å². The molecule has 1 aromatic rings. The minimum atomic E-state index is -0.250. The number of ether oxygens (including phenoxy) is 1. The maximum atomic E-state index is 12.7. The summed E-state index contributed by atoms with van der Waals surface area (Å²) in [7, 11) is 0. The maximum Gasteiger partial charge on any atom is 0.231 e. The standard InChI is InChI=1S/C17H26N2O2/c1-4-8-17(9-10-18-12-17)16(20)19-15-7-6-14(21-5-2)11-13(15)3/h6-7,11,18H,4-5,8-10,12H2,1-3H3,(H,19,20). The summed E-state index contributed by atoms with van der Waals surface area (Å²) in [5.74, 6) is 0.986. The highest BCUT2D eigenvalue weighted by molar-refractivity contribution is 5.96. The molecule has 1 heterocycles. The van der Waals surface area contributed by atoms with Crippen LogP contribution in [0.4, 0.5) is 5.69 Å². The van der Waals surface area contributed by atoms with E-state index in [9.17, 15) is 4.79 Å². The molecule has 0 aromatic heterocycles. The average Bonchev–Trinajstić information content (AvgIpc) is 2.92. The van der Waals surface area contributed by atoms with Crippen molar-refractivity contribution >= 4 is 11.6 Å². The van der Waals surface area contributed by atoms with Gasteiger partial charge in [-0.3, -0.25) is 4.79 Å². The van der Waals surface area contributed by atoms with Gasteiger partial charge in [-0.2, -0.15) is 0 Å². The summed E-state index contributed by atoms with van der Waals surface area (Å²) in [5, 5.41) is 6.44. The highest BCUT2D eigenvalue weighted by Crippen LogP contribution is 2.33. The van der Waals surface area contributed by atoms with E-state index < -0.39 is 0 Å². The van der Waals surface area contributed by atoms with Gasteiger partial charge in [0.15, 0.2) is 0 Å². The van der Waals surface area contributed by atoms with E-state index >= 15 is 0 Å². The number of hydrogen-bond acceptors (Lipinski definition) is 3. The fourth-order valence-corrected chi connectivity index (χ4v) is 3.03. The second-order valence-electron chi connectivity index (χ2n) is 5.82. The van der Waals surface area contributed by atoms with E-state index in [-0.39, 0.29) is 11.3 Å². The first kappa shape index (κ1) is 15.8. The number of amides is 1. The van der Waals surface area contributed by atoms with Crippen molar-refractivity contribution in [3.63, 3.8) is 0 Å². The van der Waals surface area contributed by atoms with Gasteiger partial charge in [-0.25, -0.2) is 0 Å². The summed E-state index contributed by atoms with van der Waals surface area (Å²) in [6, 6.07) is 5.81. The van der Waals surface area contributed by atoms with Crippen LogP contribution in [0.3, 0.4) is 0 Å². The van der Waals surface area contributed by atoms with E-state index in [4.69, 9.17) is 4.74 Å². The molecule has 2 N–H and O–H groups in total. The number of carbonyl (C=O) groups is 1. The topological polar surface area (TPSA) is 50.4 Å². The van der Waals surface area contributed by atoms with Crippen LogP contribution < -0.4 is 15.4 Å². The smallest absolute Gasteiger partial charge is 0.231 e. The third kappa shape index (κ3) is 3.56. The Kier molecular flexibility index (Phi) is 5.23. The molecule has 0 aliphatic carbocycles. The van der Waals surface area contributed by atoms with Gasteiger partial charge in [0.05, 0.1) is 12.0 Å². The van der Waals surface area contributed by atoms with Gasteiger partial charge < -0.3 is 15.4 Å². The zero-order chi connectivity index (χ0) is 15.3. The first-order chi connectivity index (χ1) is 10.1. The van der Waals surface area contributed by atoms with E-state index in [1.807, 2.05) is 32.0 Å². The fraction of sp³-hybridized carbons (Fsp3) is 0.588. The molecule has 0 spiro atoms. The molecule has 4 heteroatoms. The largest absolute Gasteiger partial charge is 0.494 e. The summed E-state index contributed by atoms with van der Waals surface area (Å²) >= 11 is 0. The van der Waals surface area contributed by atoms with Crippen LogP contribution in [0.1, 0.15) is 38.7 Å². The van der Waals surface area contributed by atoms with Crippen molar-refractivity contribution in [1.29, 1.82) is 0 Å². The zero-order valence-corrected chi connectivity index (χ0v) is 13.3. The molecule has 1 aliphatic rings. The average molecular weight is 290 g/mol. The molecule has 1 fully saturated rings. The lowest BCUT2D eigenvalue weighted by Crippen LogP contribution is -2.38. The van der Waals surface area contributed by atoms with E-state index in [1.54, 1.807) is 0 Å². The Morgan fingerprint density at radius 1 is 1.43 bits per heavy atom. The fourth-order valence-electron chi connectivity index (χ4n) is 3.03. The number of benzene rings is 1. The second-order valence-corrected chi connectivity index (χ2v) is 5.82. The van der Waals surface area contributed by atoms with Crippen molar-refractivity contribution in [2.45, 2.75) is 40.0 Å². The first-order valence-corrected chi connectivity index (χ1v) is 7.87. The Balaban J connectivity index is 2.11. The Morgan fingerprint density at radius 3 is 2.81 bits per heavy atom. The monoisotopic (exact) mass is 290 g/mol. The van der Waals surface area contributed by atoms with Gasteiger partial charge in [-0.15, -0.1) is 0 Å². The normalized spacial score (nSPS) is 21.3. The number of rotatable bonds is 6. The molecule has 1 unspecified atom stereocenters. The summed E-state index contributed by atoms with van der Waals surface area (Å²) < 4.78 is 5.48. The number of carbonyl (C=O) groups excluding carboxylic acids is 1. The van der Waals surface area contributed by atoms with Gasteiger partial charge in [0, 0.05) is 12.2 Å². The molecule has 1 aromatic carbocycles. The second kappa shape index (κ2) is 6.94. The lowest BCUT2D eigenvalue weighted by atomic mass is 9.81. The Labute approximate surface area is 127 Å². The summed E-state index contributed by atoms with van der Waals surface area (Å²) in [6.07, 6.45) is 2.88. The van der Waals surface area contributed by atoms with Crippen LogP contribution >= 0.6 is 0 Å². The molecule has 1 amide bonds. The quantitative estimate of drug-likeness (QED) is 0.846. The van der Waals surface area contributed by atoms with Crippen molar-refractivity contribution in [3.05, 3.63) is 23.8 Å². The van der Waals surface area contributed by atoms with Gasteiger partial charge in [0.1, 0.15) is 5.75 Å². The summed E-state index contributed by atoms with van der Waals surface area (Å²) in [6.45, 7) is 8.45. The molecule has 4 nitrogen and oxygen atoms in total. The highest BCUT2D eigenvalue weighted by atomic mass is 16.5. The van der Waals surface area contributed by atoms with Crippen LogP contribution in [0.2, 0.25) is 0 Å². The molecule has 0 bridgehead atoms. The van der Waals surface area contributed by atoms with Crippen molar-refractivity contribution < 1.29 is 9.53 Å². The predicted molar refractivity (Wildman–Crippen MR) is 85.8 cm³/mol. The number of aryl methyl sites for hydroxylation is 1. The lowest BCUT2D eigenvalue weighted by Gasteiger charge is -2.27. The molecule has 1 atom stereocenters. The minimum Gasteiger partial charge on any atom is -0.494 e. The van der Waals surface area contributed by atoms with Crippen molar-refractivity contribution in [1.82, 2.24) is 5.32 Å². The molecule has 0 saturated carbocycles. The number of nitrogens with one attached hydrogen (secondary N) is 2. The summed E-state index contributed by atoms with van der Waals surface area (Å²) in [5.41, 5.74) is 1.66. The van der Waals surface area contributed by atoms with Crippen molar-refractivity contribution in [3.8, 4) is 5.75 Å². The van der Waals surface area contributed by atoms with E-state index in [0.717, 1.165) is 49.4 Å². The van der Waals surface area contributed by atoms with Crippen LogP contribution in [0.15, 0.2) is 18.2 Å². The van der Waals surface area contributed by atoms with Crippen molar-refractivity contribution in [2.24, 2.45) is 5.41 Å². The van der Waals surface area contributed by atoms with E-state index in [2.05, 4.69) is 17.6 Å². The van der Waals surface area contributed by atoms with Crippen LogP contribution in [0, 0.1) is 12.3 Å². The van der Waals surface area contributed by atoms with Gasteiger partial charge in [-0.05, 0) is 57.0 Å². The van der Waals surface area contributed by atoms with Crippen LogP contribution in [0.25, 0.3) is 0 Å². The van der Waals surface area contributed by atoms with Gasteiger partial charge >= 0.3 is 0 Å². The van der Waals surface area contributed by atoms with Crippen molar-refractivity contribution in [2.75, 3.05) is 25.0 Å². The lowest BCUT2D eigenvalue weighted by molar-refractivity contribution is -0.125. The van der Waals surface area contributed by atoms with Gasteiger partial charge in [0.2, 0.25) is 5.91 Å². The molecule has 2 rings (SSSR count). The molecular formula is C17H26N2O2. The van der Waals surface area contributed by atoms with Gasteiger partial charge in [0.25, 0.3) is 0 Å². The minimum absolute atomic E-state index is 0.140. The predicted octanol–water partition coefficient (Wildman–Crippen LogP) is 3.11. The number of anilines is 1. The first-order valence-electron chi connectivity index (χ1n) is 7.87. The Bertz CT molecular complexity index is 494. The molecule has 1 saturated heterocycles. The third-order valence-corrected chi connectivity index (χ3v) is 4.21. The summed E-state index contributed by atoms with van der Waals surface area (Å²) in [4.78, 5) is 12.7. The Hall–Kier alpha value is -1.55. The molecule has 1 aliphatic heterocycles. The molecule has 21 heavy (non-hydrogen) atoms. The van der Waals surface area contributed by atoms with Gasteiger partial charge in [-0.1, -0.05) is 13.3 Å². The third-order valence-electron chi connectivity index (χ3n) is 4.21. The number of hydrogen-bond donors (Lipinski definition) is 2. The highest BCUT2D eigenvalue weighted by Gasteiger charge is 2.40. The molecule has 0 radical (unpaired) electrons.